The van der Waals surface area contributed by atoms with E-state index in [1.165, 1.54) is 0 Å². The van der Waals surface area contributed by atoms with Gasteiger partial charge < -0.3 is 19.9 Å². The minimum atomic E-state index is -0.601. The van der Waals surface area contributed by atoms with Crippen molar-refractivity contribution in [1.29, 1.82) is 0 Å². The lowest BCUT2D eigenvalue weighted by Crippen LogP contribution is -2.53. The van der Waals surface area contributed by atoms with Gasteiger partial charge in [-0.15, -0.1) is 0 Å². The first kappa shape index (κ1) is 17.8. The molecule has 2 N–H and O–H groups in total. The number of nitrogens with one attached hydrogen (secondary N) is 2. The van der Waals surface area contributed by atoms with E-state index in [0.29, 0.717) is 24.2 Å². The number of anilines is 1. The first-order valence-corrected chi connectivity index (χ1v) is 9.71. The van der Waals surface area contributed by atoms with E-state index in [4.69, 9.17) is 9.26 Å². The fraction of sp³-hybridized carbons (Fsp3) is 0.550. The van der Waals surface area contributed by atoms with Gasteiger partial charge in [0.15, 0.2) is 5.82 Å². The molecule has 1 heterocycles. The first-order chi connectivity index (χ1) is 13.2. The number of hydrogen-bond acceptors (Lipinski definition) is 6. The molecule has 1 aromatic carbocycles. The molecule has 0 radical (unpaired) electrons. The lowest BCUT2D eigenvalue weighted by atomic mass is 9.80. The van der Waals surface area contributed by atoms with Crippen molar-refractivity contribution >= 4 is 11.6 Å². The fourth-order valence-electron chi connectivity index (χ4n) is 3.68. The van der Waals surface area contributed by atoms with Crippen molar-refractivity contribution in [2.24, 2.45) is 0 Å². The Bertz CT molecular complexity index is 777. The summed E-state index contributed by atoms with van der Waals surface area (Å²) in [5, 5.41) is 10.5. The zero-order valence-corrected chi connectivity index (χ0v) is 15.7. The third-order valence-electron chi connectivity index (χ3n) is 5.43. The largest absolute Gasteiger partial charge is 0.497 e. The van der Waals surface area contributed by atoms with Crippen molar-refractivity contribution in [3.63, 3.8) is 0 Å². The van der Waals surface area contributed by atoms with Crippen LogP contribution >= 0.6 is 0 Å². The third-order valence-corrected chi connectivity index (χ3v) is 5.43. The number of aromatic nitrogens is 2. The Hall–Kier alpha value is -2.57. The van der Waals surface area contributed by atoms with E-state index in [1.54, 1.807) is 7.11 Å². The number of carbonyl (C=O) groups excluding carboxylic acids is 1. The molecule has 2 saturated carbocycles. The van der Waals surface area contributed by atoms with E-state index in [-0.39, 0.29) is 5.91 Å². The summed E-state index contributed by atoms with van der Waals surface area (Å²) in [4.78, 5) is 17.5. The molecule has 7 heteroatoms. The molecule has 2 aliphatic carbocycles. The van der Waals surface area contributed by atoms with Crippen molar-refractivity contribution in [3.8, 4) is 5.75 Å². The van der Waals surface area contributed by atoms with Gasteiger partial charge in [-0.1, -0.05) is 24.4 Å². The van der Waals surface area contributed by atoms with Crippen LogP contribution in [0, 0.1) is 0 Å². The second kappa shape index (κ2) is 7.58. The molecule has 2 fully saturated rings. The predicted octanol–water partition coefficient (Wildman–Crippen LogP) is 3.39. The molecule has 2 aliphatic rings. The number of hydrogen-bond donors (Lipinski definition) is 2. The van der Waals surface area contributed by atoms with Crippen LogP contribution in [0.15, 0.2) is 28.8 Å². The van der Waals surface area contributed by atoms with Crippen LogP contribution in [0.1, 0.15) is 62.6 Å². The normalized spacial score (nSPS) is 18.7. The minimum absolute atomic E-state index is 0.00390. The second-order valence-corrected chi connectivity index (χ2v) is 7.50. The van der Waals surface area contributed by atoms with Gasteiger partial charge in [-0.3, -0.25) is 4.79 Å². The molecule has 2 aromatic rings. The van der Waals surface area contributed by atoms with Crippen LogP contribution in [-0.4, -0.2) is 28.7 Å². The summed E-state index contributed by atoms with van der Waals surface area (Å²) in [5.41, 5.74) is 0.319. The average Bonchev–Trinajstić information content (AvgIpc) is 3.45. The summed E-state index contributed by atoms with van der Waals surface area (Å²) in [6, 6.07) is 7.69. The van der Waals surface area contributed by atoms with E-state index in [2.05, 4.69) is 20.8 Å². The molecule has 0 atom stereocenters. The molecule has 0 aliphatic heterocycles. The molecule has 1 amide bonds. The highest BCUT2D eigenvalue weighted by Gasteiger charge is 2.39. The first-order valence-electron chi connectivity index (χ1n) is 9.71. The molecule has 4 rings (SSSR count). The molecule has 144 valence electrons. The molecule has 0 unspecified atom stereocenters. The average molecular weight is 370 g/mol. The van der Waals surface area contributed by atoms with Crippen molar-refractivity contribution in [1.82, 2.24) is 15.5 Å². The molecule has 0 bridgehead atoms. The summed E-state index contributed by atoms with van der Waals surface area (Å²) in [7, 11) is 1.64. The maximum absolute atomic E-state index is 13.1. The number of benzene rings is 1. The topological polar surface area (TPSA) is 89.3 Å². The van der Waals surface area contributed by atoms with Crippen LogP contribution < -0.4 is 15.4 Å². The molecule has 27 heavy (non-hydrogen) atoms. The van der Waals surface area contributed by atoms with Gasteiger partial charge in [0.05, 0.1) is 13.7 Å². The quantitative estimate of drug-likeness (QED) is 0.777. The van der Waals surface area contributed by atoms with Gasteiger partial charge in [0.25, 0.3) is 0 Å². The third kappa shape index (κ3) is 4.07. The van der Waals surface area contributed by atoms with Gasteiger partial charge in [0.2, 0.25) is 11.8 Å². The van der Waals surface area contributed by atoms with E-state index in [9.17, 15) is 4.79 Å². The fourth-order valence-corrected chi connectivity index (χ4v) is 3.68. The number of ether oxygens (including phenoxy) is 1. The monoisotopic (exact) mass is 370 g/mol. The van der Waals surface area contributed by atoms with E-state index < -0.39 is 5.54 Å². The van der Waals surface area contributed by atoms with E-state index in [1.807, 2.05) is 24.3 Å². The maximum atomic E-state index is 13.1. The number of rotatable bonds is 7. The lowest BCUT2D eigenvalue weighted by molar-refractivity contribution is -0.126. The molecular formula is C20H26N4O3. The number of nitrogens with zero attached hydrogens (tertiary/aromatic N) is 2. The highest BCUT2D eigenvalue weighted by molar-refractivity contribution is 5.89. The summed E-state index contributed by atoms with van der Waals surface area (Å²) in [6.07, 6.45) is 7.07. The number of amides is 1. The zero-order chi connectivity index (χ0) is 18.7. The summed E-state index contributed by atoms with van der Waals surface area (Å²) in [6.45, 7) is 0.293. The standard InChI is InChI=1S/C20H26N4O3/c1-26-16-9-7-15(8-10-16)23-20(11-3-2-4-12-20)19(25)21-13-17-22-18(27-24-17)14-5-6-14/h7-10,14,23H,2-6,11-13H2,1H3,(H,21,25). The van der Waals surface area contributed by atoms with Crippen molar-refractivity contribution in [3.05, 3.63) is 36.0 Å². The smallest absolute Gasteiger partial charge is 0.246 e. The van der Waals surface area contributed by atoms with Gasteiger partial charge >= 0.3 is 0 Å². The Balaban J connectivity index is 1.43. The Morgan fingerprint density at radius 3 is 2.63 bits per heavy atom. The van der Waals surface area contributed by atoms with Crippen LogP contribution in [0.5, 0.6) is 5.75 Å². The lowest BCUT2D eigenvalue weighted by Gasteiger charge is -2.37. The zero-order valence-electron chi connectivity index (χ0n) is 15.7. The van der Waals surface area contributed by atoms with Gasteiger partial charge in [0, 0.05) is 11.6 Å². The van der Waals surface area contributed by atoms with Crippen molar-refractivity contribution in [2.75, 3.05) is 12.4 Å². The molecule has 0 spiro atoms. The summed E-state index contributed by atoms with van der Waals surface area (Å²) < 4.78 is 10.5. The van der Waals surface area contributed by atoms with Crippen molar-refractivity contribution < 1.29 is 14.1 Å². The van der Waals surface area contributed by atoms with E-state index >= 15 is 0 Å². The van der Waals surface area contributed by atoms with Gasteiger partial charge in [-0.2, -0.15) is 4.98 Å². The van der Waals surface area contributed by atoms with Gasteiger partial charge in [-0.05, 0) is 49.9 Å². The predicted molar refractivity (Wildman–Crippen MR) is 101 cm³/mol. The number of carbonyl (C=O) groups is 1. The maximum Gasteiger partial charge on any atom is 0.246 e. The highest BCUT2D eigenvalue weighted by Crippen LogP contribution is 2.38. The Morgan fingerprint density at radius 1 is 1.22 bits per heavy atom. The van der Waals surface area contributed by atoms with Crippen LogP contribution in [0.25, 0.3) is 0 Å². The molecule has 7 nitrogen and oxygen atoms in total. The van der Waals surface area contributed by atoms with Crippen LogP contribution in [0.2, 0.25) is 0 Å². The van der Waals surface area contributed by atoms with Gasteiger partial charge in [0.1, 0.15) is 11.3 Å². The summed E-state index contributed by atoms with van der Waals surface area (Å²) in [5.74, 6) is 2.45. The Morgan fingerprint density at radius 2 is 1.96 bits per heavy atom. The Labute approximate surface area is 158 Å². The van der Waals surface area contributed by atoms with Crippen LogP contribution in [0.4, 0.5) is 5.69 Å². The molecular weight excluding hydrogens is 344 g/mol. The van der Waals surface area contributed by atoms with Crippen LogP contribution in [-0.2, 0) is 11.3 Å². The minimum Gasteiger partial charge on any atom is -0.497 e. The van der Waals surface area contributed by atoms with Crippen LogP contribution in [0.3, 0.4) is 0 Å². The summed E-state index contributed by atoms with van der Waals surface area (Å²) >= 11 is 0. The number of methoxy groups -OCH3 is 1. The van der Waals surface area contributed by atoms with E-state index in [0.717, 1.165) is 56.4 Å². The highest BCUT2D eigenvalue weighted by atomic mass is 16.5. The Kier molecular flexibility index (Phi) is 5.01. The second-order valence-electron chi connectivity index (χ2n) is 7.50. The molecule has 1 aromatic heterocycles. The SMILES string of the molecule is COc1ccc(NC2(C(=O)NCc3noc(C4CC4)n3)CCCCC2)cc1. The van der Waals surface area contributed by atoms with Crippen molar-refractivity contribution in [2.45, 2.75) is 62.9 Å². The van der Waals surface area contributed by atoms with Gasteiger partial charge in [-0.25, -0.2) is 0 Å². The molecule has 0 saturated heterocycles.